The van der Waals surface area contributed by atoms with Crippen LogP contribution in [-0.2, 0) is 9.59 Å². The molecule has 2 saturated heterocycles. The predicted molar refractivity (Wildman–Crippen MR) is 104 cm³/mol. The molecular formula is C21H27N5O2. The molecule has 1 aromatic rings. The summed E-state index contributed by atoms with van der Waals surface area (Å²) in [5.41, 5.74) is 0. The molecule has 4 aliphatic rings. The normalized spacial score (nSPS) is 35.6. The monoisotopic (exact) mass is 386 g/mol. The molecule has 2 amide bonds. The highest BCUT2D eigenvalue weighted by atomic mass is 16.2. The Kier molecular flexibility index (Phi) is 3.39. The Morgan fingerprint density at radius 2 is 1.64 bits per heavy atom. The lowest BCUT2D eigenvalue weighted by Gasteiger charge is -2.34. The van der Waals surface area contributed by atoms with Crippen LogP contribution in [0.5, 0.6) is 0 Å². The molecule has 0 radical (unpaired) electrons. The maximum absolute atomic E-state index is 12.9. The summed E-state index contributed by atoms with van der Waals surface area (Å²) in [4.78, 5) is 39.1. The Balaban J connectivity index is 1.14. The van der Waals surface area contributed by atoms with Crippen molar-refractivity contribution in [1.29, 1.82) is 0 Å². The standard InChI is InChI=1S/C21H27N5O2/c27-19-17-15-4-5-16(14-15)18(17)20(28)26(19)9-2-1-8-24-10-12-25(13-11-24)21-22-6-3-7-23-21/h3-7,15-18H,1-2,8-14H2/t15-,16+,17-,18+/i3D,4D,5D,8D2. The molecule has 1 saturated carbocycles. The molecule has 0 aromatic carbocycles. The predicted octanol–water partition coefficient (Wildman–Crippen LogP) is 1.19. The lowest BCUT2D eigenvalue weighted by molar-refractivity contribution is -0.140. The van der Waals surface area contributed by atoms with E-state index in [1.54, 1.807) is 4.90 Å². The summed E-state index contributed by atoms with van der Waals surface area (Å²) < 4.78 is 40.6. The van der Waals surface area contributed by atoms with Crippen molar-refractivity contribution in [2.75, 3.05) is 44.1 Å². The molecule has 0 N–H and O–H groups in total. The first kappa shape index (κ1) is 13.0. The van der Waals surface area contributed by atoms with Crippen molar-refractivity contribution in [2.45, 2.75) is 19.3 Å². The third-order valence-electron chi connectivity index (χ3n) is 6.28. The molecule has 2 aliphatic carbocycles. The van der Waals surface area contributed by atoms with Gasteiger partial charge in [-0.1, -0.05) is 12.1 Å². The Labute approximate surface area is 172 Å². The maximum Gasteiger partial charge on any atom is 0.233 e. The van der Waals surface area contributed by atoms with Gasteiger partial charge in [-0.2, -0.15) is 0 Å². The van der Waals surface area contributed by atoms with E-state index in [-0.39, 0.29) is 54.8 Å². The van der Waals surface area contributed by atoms with Crippen LogP contribution in [0.4, 0.5) is 5.95 Å². The molecule has 0 spiro atoms. The summed E-state index contributed by atoms with van der Waals surface area (Å²) in [6, 6.07) is 0.665. The van der Waals surface area contributed by atoms with Gasteiger partial charge in [0.05, 0.1) is 15.9 Å². The minimum absolute atomic E-state index is 0.178. The zero-order valence-electron chi connectivity index (χ0n) is 20.7. The fraction of sp³-hybridized carbons (Fsp3) is 0.619. The quantitative estimate of drug-likeness (QED) is 0.540. The van der Waals surface area contributed by atoms with E-state index in [4.69, 9.17) is 6.85 Å². The van der Waals surface area contributed by atoms with Crippen LogP contribution in [0.3, 0.4) is 0 Å². The molecule has 5 rings (SSSR count). The zero-order chi connectivity index (χ0) is 23.5. The number of allylic oxidation sites excluding steroid dienone is 2. The first-order valence-corrected chi connectivity index (χ1v) is 10.00. The van der Waals surface area contributed by atoms with Gasteiger partial charge in [-0.25, -0.2) is 9.97 Å². The van der Waals surface area contributed by atoms with E-state index in [9.17, 15) is 9.59 Å². The Bertz CT molecular complexity index is 959. The molecule has 7 nitrogen and oxygen atoms in total. The molecule has 3 fully saturated rings. The Hall–Kier alpha value is -2.28. The number of hydrogen-bond acceptors (Lipinski definition) is 6. The van der Waals surface area contributed by atoms with Gasteiger partial charge in [-0.3, -0.25) is 19.4 Å². The number of nitrogens with zero attached hydrogens (tertiary/aromatic N) is 5. The van der Waals surface area contributed by atoms with E-state index in [1.165, 1.54) is 17.3 Å². The molecule has 28 heavy (non-hydrogen) atoms. The van der Waals surface area contributed by atoms with Gasteiger partial charge in [-0.05, 0) is 43.6 Å². The van der Waals surface area contributed by atoms with E-state index in [2.05, 4.69) is 9.97 Å². The summed E-state index contributed by atoms with van der Waals surface area (Å²) in [6.45, 7) is 0.755. The van der Waals surface area contributed by atoms with Crippen molar-refractivity contribution in [2.24, 2.45) is 23.7 Å². The number of likely N-dealkylation sites (tertiary alicyclic amines) is 1. The second-order valence-electron chi connectivity index (χ2n) is 7.84. The van der Waals surface area contributed by atoms with Crippen LogP contribution in [0.2, 0.25) is 0 Å². The molecular weight excluding hydrogens is 354 g/mol. The number of anilines is 1. The molecule has 1 aromatic heterocycles. The van der Waals surface area contributed by atoms with E-state index >= 15 is 0 Å². The number of amides is 2. The van der Waals surface area contributed by atoms with Crippen molar-refractivity contribution in [3.8, 4) is 0 Å². The average molecular weight is 387 g/mol. The number of carbonyl (C=O) groups excluding carboxylic acids is 2. The highest BCUT2D eigenvalue weighted by Gasteiger charge is 2.58. The van der Waals surface area contributed by atoms with Crippen molar-refractivity contribution in [3.05, 3.63) is 30.5 Å². The van der Waals surface area contributed by atoms with E-state index in [1.807, 2.05) is 4.90 Å². The van der Waals surface area contributed by atoms with Gasteiger partial charge < -0.3 is 4.90 Å². The van der Waals surface area contributed by atoms with E-state index < -0.39 is 18.3 Å². The highest BCUT2D eigenvalue weighted by molar-refractivity contribution is 6.06. The molecule has 4 atom stereocenters. The van der Waals surface area contributed by atoms with Crippen molar-refractivity contribution in [1.82, 2.24) is 19.8 Å². The van der Waals surface area contributed by atoms with Gasteiger partial charge in [0.2, 0.25) is 17.8 Å². The second-order valence-corrected chi connectivity index (χ2v) is 7.84. The minimum Gasteiger partial charge on any atom is -0.338 e. The first-order valence-electron chi connectivity index (χ1n) is 12.5. The van der Waals surface area contributed by atoms with Gasteiger partial charge in [0.1, 0.15) is 0 Å². The molecule has 2 aliphatic heterocycles. The van der Waals surface area contributed by atoms with Crippen LogP contribution < -0.4 is 4.90 Å². The van der Waals surface area contributed by atoms with Gasteiger partial charge in [0, 0.05) is 47.9 Å². The van der Waals surface area contributed by atoms with Crippen molar-refractivity contribution in [3.63, 3.8) is 0 Å². The van der Waals surface area contributed by atoms with Gasteiger partial charge in [-0.15, -0.1) is 0 Å². The van der Waals surface area contributed by atoms with Crippen LogP contribution in [-0.4, -0.2) is 70.8 Å². The lowest BCUT2D eigenvalue weighted by Crippen LogP contribution is -2.47. The summed E-state index contributed by atoms with van der Waals surface area (Å²) in [7, 11) is 0. The third kappa shape index (κ3) is 3.02. The molecule has 0 unspecified atom stereocenters. The van der Waals surface area contributed by atoms with E-state index in [0.717, 1.165) is 0 Å². The summed E-state index contributed by atoms with van der Waals surface area (Å²) in [5.74, 6) is -1.57. The minimum atomic E-state index is -1.57. The summed E-state index contributed by atoms with van der Waals surface area (Å²) >= 11 is 0. The number of piperazine rings is 1. The topological polar surface area (TPSA) is 69.6 Å². The van der Waals surface area contributed by atoms with Crippen LogP contribution >= 0.6 is 0 Å². The SMILES string of the molecule is [2H]C1=C([2H])[C@@H]2C[C@H]1[C@@H]1C(=O)N(CCCC([2H])([2H])N3CCN(c4ncc([2H])cn4)CC3)C(=O)[C@@H]12. The maximum atomic E-state index is 12.9. The highest BCUT2D eigenvalue weighted by Crippen LogP contribution is 2.52. The largest absolute Gasteiger partial charge is 0.338 e. The average Bonchev–Trinajstić information content (AvgIpc) is 3.40. The number of hydrogen-bond donors (Lipinski definition) is 0. The van der Waals surface area contributed by atoms with Gasteiger partial charge in [0.25, 0.3) is 0 Å². The third-order valence-corrected chi connectivity index (χ3v) is 6.28. The fourth-order valence-electron chi connectivity index (χ4n) is 4.88. The number of rotatable bonds is 6. The molecule has 3 heterocycles. The number of imide groups is 1. The van der Waals surface area contributed by atoms with Crippen LogP contribution in [0.1, 0.15) is 26.1 Å². The van der Waals surface area contributed by atoms with E-state index in [0.29, 0.717) is 45.0 Å². The molecule has 7 heteroatoms. The molecule has 148 valence electrons. The van der Waals surface area contributed by atoms with Crippen molar-refractivity contribution < 1.29 is 16.4 Å². The second kappa shape index (κ2) is 7.28. The number of carbonyl (C=O) groups is 2. The Morgan fingerprint density at radius 3 is 2.29 bits per heavy atom. The first-order chi connectivity index (χ1) is 15.7. The fourth-order valence-corrected chi connectivity index (χ4v) is 4.88. The molecule has 2 bridgehead atoms. The van der Waals surface area contributed by atoms with Crippen LogP contribution in [0.25, 0.3) is 0 Å². The zero-order valence-corrected chi connectivity index (χ0v) is 15.7. The van der Waals surface area contributed by atoms with Crippen LogP contribution in [0.15, 0.2) is 30.5 Å². The van der Waals surface area contributed by atoms with Crippen molar-refractivity contribution >= 4 is 17.8 Å². The summed E-state index contributed by atoms with van der Waals surface area (Å²) in [5, 5.41) is 0. The number of aromatic nitrogens is 2. The number of fused-ring (bicyclic) bond motifs is 5. The summed E-state index contributed by atoms with van der Waals surface area (Å²) in [6.07, 6.45) is 4.01. The lowest BCUT2D eigenvalue weighted by atomic mass is 9.85. The smallest absolute Gasteiger partial charge is 0.233 e. The van der Waals surface area contributed by atoms with Gasteiger partial charge in [0.15, 0.2) is 0 Å². The Morgan fingerprint density at radius 1 is 1.00 bits per heavy atom. The van der Waals surface area contributed by atoms with Gasteiger partial charge >= 0.3 is 0 Å². The van der Waals surface area contributed by atoms with Crippen LogP contribution in [0, 0.1) is 23.7 Å².